The number of benzene rings is 2. The van der Waals surface area contributed by atoms with E-state index >= 15 is 0 Å². The number of likely N-dealkylation sites (N-methyl/N-ethyl adjacent to an activating group) is 1. The second-order valence-electron chi connectivity index (χ2n) is 6.45. The number of amides is 1. The third-order valence-electron chi connectivity index (χ3n) is 4.28. The highest BCUT2D eigenvalue weighted by atomic mass is 16.5. The van der Waals surface area contributed by atoms with Crippen molar-refractivity contribution >= 4 is 5.91 Å². The number of carbonyl (C=O) groups excluding carboxylic acids is 1. The van der Waals surface area contributed by atoms with Gasteiger partial charge in [-0.05, 0) is 32.4 Å². The molecule has 3 aromatic rings. The van der Waals surface area contributed by atoms with Crippen molar-refractivity contribution in [3.63, 3.8) is 0 Å². The van der Waals surface area contributed by atoms with Crippen molar-refractivity contribution in [2.24, 2.45) is 0 Å². The van der Waals surface area contributed by atoms with Crippen molar-refractivity contribution in [2.45, 2.75) is 33.7 Å². The van der Waals surface area contributed by atoms with E-state index in [1.54, 1.807) is 4.90 Å². The lowest BCUT2D eigenvalue weighted by atomic mass is 10.1. The van der Waals surface area contributed by atoms with E-state index in [2.05, 4.69) is 10.1 Å². The minimum absolute atomic E-state index is 0.0478. The molecule has 0 aliphatic heterocycles. The Morgan fingerprint density at radius 3 is 2.54 bits per heavy atom. The van der Waals surface area contributed by atoms with E-state index in [0.717, 1.165) is 16.7 Å². The fourth-order valence-corrected chi connectivity index (χ4v) is 2.75. The second-order valence-corrected chi connectivity index (χ2v) is 6.45. The highest BCUT2D eigenvalue weighted by Gasteiger charge is 2.17. The van der Waals surface area contributed by atoms with Crippen LogP contribution in [0.25, 0.3) is 11.4 Å². The molecule has 0 radical (unpaired) electrons. The van der Waals surface area contributed by atoms with Gasteiger partial charge in [0.1, 0.15) is 0 Å². The van der Waals surface area contributed by atoms with Gasteiger partial charge >= 0.3 is 0 Å². The van der Waals surface area contributed by atoms with E-state index < -0.39 is 0 Å². The Morgan fingerprint density at radius 2 is 1.85 bits per heavy atom. The number of hydrogen-bond donors (Lipinski definition) is 0. The third kappa shape index (κ3) is 4.36. The zero-order valence-electron chi connectivity index (χ0n) is 15.4. The van der Waals surface area contributed by atoms with Crippen molar-refractivity contribution in [2.75, 3.05) is 6.54 Å². The molecule has 0 fully saturated rings. The maximum absolute atomic E-state index is 12.6. The predicted molar refractivity (Wildman–Crippen MR) is 100 cm³/mol. The summed E-state index contributed by atoms with van der Waals surface area (Å²) >= 11 is 0. The highest BCUT2D eigenvalue weighted by Crippen LogP contribution is 2.18. The van der Waals surface area contributed by atoms with Crippen molar-refractivity contribution in [1.29, 1.82) is 0 Å². The summed E-state index contributed by atoms with van der Waals surface area (Å²) in [5.41, 5.74) is 4.24. The molecule has 2 aromatic carbocycles. The monoisotopic (exact) mass is 349 g/mol. The zero-order chi connectivity index (χ0) is 18.5. The molecule has 3 rings (SSSR count). The number of carbonyl (C=O) groups is 1. The maximum Gasteiger partial charge on any atom is 0.246 e. The minimum atomic E-state index is 0.0478. The minimum Gasteiger partial charge on any atom is -0.337 e. The summed E-state index contributed by atoms with van der Waals surface area (Å²) in [5, 5.41) is 4.04. The summed E-state index contributed by atoms with van der Waals surface area (Å²) in [7, 11) is 0. The molecule has 5 heteroatoms. The molecule has 26 heavy (non-hydrogen) atoms. The molecule has 134 valence electrons. The first-order valence-electron chi connectivity index (χ1n) is 8.78. The molecule has 0 unspecified atom stereocenters. The van der Waals surface area contributed by atoms with Gasteiger partial charge in [0.2, 0.25) is 17.6 Å². The number of nitrogens with zero attached hydrogens (tertiary/aromatic N) is 3. The molecular weight excluding hydrogens is 326 g/mol. The third-order valence-corrected chi connectivity index (χ3v) is 4.28. The number of hydrogen-bond acceptors (Lipinski definition) is 4. The van der Waals surface area contributed by atoms with E-state index in [-0.39, 0.29) is 5.91 Å². The Labute approximate surface area is 153 Å². The summed E-state index contributed by atoms with van der Waals surface area (Å²) in [6, 6.07) is 16.0. The lowest BCUT2D eigenvalue weighted by Gasteiger charge is -2.18. The maximum atomic E-state index is 12.6. The van der Waals surface area contributed by atoms with Gasteiger partial charge in [-0.15, -0.1) is 0 Å². The summed E-state index contributed by atoms with van der Waals surface area (Å²) < 4.78 is 5.35. The number of aryl methyl sites for hydroxylation is 2. The summed E-state index contributed by atoms with van der Waals surface area (Å²) in [4.78, 5) is 18.8. The van der Waals surface area contributed by atoms with Gasteiger partial charge in [-0.3, -0.25) is 4.79 Å². The van der Waals surface area contributed by atoms with Crippen LogP contribution in [-0.4, -0.2) is 27.5 Å². The zero-order valence-corrected chi connectivity index (χ0v) is 15.4. The van der Waals surface area contributed by atoms with Gasteiger partial charge in [-0.2, -0.15) is 4.98 Å². The van der Waals surface area contributed by atoms with Crippen molar-refractivity contribution in [1.82, 2.24) is 15.0 Å². The van der Waals surface area contributed by atoms with E-state index in [1.807, 2.05) is 69.3 Å². The smallest absolute Gasteiger partial charge is 0.246 e. The van der Waals surface area contributed by atoms with Gasteiger partial charge in [0, 0.05) is 12.1 Å². The SMILES string of the molecule is CCN(Cc1nc(-c2cccc(C)c2)no1)C(=O)Cc1ccc(C)cc1. The van der Waals surface area contributed by atoms with Crippen LogP contribution in [0.15, 0.2) is 53.1 Å². The lowest BCUT2D eigenvalue weighted by Crippen LogP contribution is -2.31. The van der Waals surface area contributed by atoms with Crippen LogP contribution in [-0.2, 0) is 17.8 Å². The molecule has 0 saturated heterocycles. The van der Waals surface area contributed by atoms with Gasteiger partial charge in [-0.1, -0.05) is 58.7 Å². The van der Waals surface area contributed by atoms with Gasteiger partial charge in [0.15, 0.2) is 0 Å². The van der Waals surface area contributed by atoms with Gasteiger partial charge in [0.25, 0.3) is 0 Å². The normalized spacial score (nSPS) is 10.7. The highest BCUT2D eigenvalue weighted by molar-refractivity contribution is 5.78. The second kappa shape index (κ2) is 7.95. The quantitative estimate of drug-likeness (QED) is 0.676. The molecule has 1 aromatic heterocycles. The van der Waals surface area contributed by atoms with Crippen LogP contribution < -0.4 is 0 Å². The molecule has 1 amide bonds. The van der Waals surface area contributed by atoms with Crippen molar-refractivity contribution in [3.8, 4) is 11.4 Å². The van der Waals surface area contributed by atoms with Crippen LogP contribution in [0.3, 0.4) is 0 Å². The average Bonchev–Trinajstić information content (AvgIpc) is 3.10. The standard InChI is InChI=1S/C21H23N3O2/c1-4-24(20(25)13-17-10-8-15(2)9-11-17)14-19-22-21(23-26-19)18-7-5-6-16(3)12-18/h5-12H,4,13-14H2,1-3H3. The largest absolute Gasteiger partial charge is 0.337 e. The van der Waals surface area contributed by atoms with Crippen LogP contribution in [0, 0.1) is 13.8 Å². The molecule has 0 N–H and O–H groups in total. The molecule has 0 atom stereocenters. The molecular formula is C21H23N3O2. The van der Waals surface area contributed by atoms with Gasteiger partial charge in [-0.25, -0.2) is 0 Å². The number of aromatic nitrogens is 2. The van der Waals surface area contributed by atoms with Crippen molar-refractivity contribution < 1.29 is 9.32 Å². The van der Waals surface area contributed by atoms with Gasteiger partial charge < -0.3 is 9.42 Å². The van der Waals surface area contributed by atoms with Gasteiger partial charge in [0.05, 0.1) is 13.0 Å². The van der Waals surface area contributed by atoms with Crippen LogP contribution in [0.5, 0.6) is 0 Å². The van der Waals surface area contributed by atoms with E-state index in [4.69, 9.17) is 4.52 Å². The molecule has 5 nitrogen and oxygen atoms in total. The topological polar surface area (TPSA) is 59.2 Å². The Morgan fingerprint density at radius 1 is 1.08 bits per heavy atom. The number of rotatable bonds is 6. The lowest BCUT2D eigenvalue weighted by molar-refractivity contribution is -0.131. The molecule has 0 bridgehead atoms. The first kappa shape index (κ1) is 17.9. The first-order valence-corrected chi connectivity index (χ1v) is 8.78. The molecule has 0 saturated carbocycles. The first-order chi connectivity index (χ1) is 12.5. The Bertz CT molecular complexity index is 884. The Kier molecular flexibility index (Phi) is 5.46. The predicted octanol–water partition coefficient (Wildman–Crippen LogP) is 3.94. The molecule has 0 aliphatic carbocycles. The van der Waals surface area contributed by atoms with E-state index in [0.29, 0.717) is 31.2 Å². The molecule has 0 spiro atoms. The Balaban J connectivity index is 1.68. The Hall–Kier alpha value is -2.95. The van der Waals surface area contributed by atoms with Crippen LogP contribution in [0.2, 0.25) is 0 Å². The summed E-state index contributed by atoms with van der Waals surface area (Å²) in [6.07, 6.45) is 0.368. The fraction of sp³-hybridized carbons (Fsp3) is 0.286. The molecule has 0 aliphatic rings. The summed E-state index contributed by atoms with van der Waals surface area (Å²) in [5.74, 6) is 1.04. The van der Waals surface area contributed by atoms with Crippen molar-refractivity contribution in [3.05, 3.63) is 71.1 Å². The van der Waals surface area contributed by atoms with Crippen LogP contribution >= 0.6 is 0 Å². The van der Waals surface area contributed by atoms with Crippen LogP contribution in [0.1, 0.15) is 29.5 Å². The van der Waals surface area contributed by atoms with E-state index in [9.17, 15) is 4.79 Å². The van der Waals surface area contributed by atoms with E-state index in [1.165, 1.54) is 5.56 Å². The average molecular weight is 349 g/mol. The molecule has 1 heterocycles. The van der Waals surface area contributed by atoms with Crippen LogP contribution in [0.4, 0.5) is 0 Å². The fourth-order valence-electron chi connectivity index (χ4n) is 2.75. The summed E-state index contributed by atoms with van der Waals surface area (Å²) in [6.45, 7) is 6.91.